The molecule has 0 aliphatic carbocycles. The summed E-state index contributed by atoms with van der Waals surface area (Å²) in [5.41, 5.74) is 0.935. The van der Waals surface area contributed by atoms with Crippen LogP contribution in [-0.4, -0.2) is 36.0 Å². The third-order valence-electron chi connectivity index (χ3n) is 4.06. The molecule has 3 rings (SSSR count). The van der Waals surface area contributed by atoms with Gasteiger partial charge in [0.1, 0.15) is 11.3 Å². The van der Waals surface area contributed by atoms with E-state index in [0.717, 1.165) is 6.42 Å². The molecule has 0 unspecified atom stereocenters. The van der Waals surface area contributed by atoms with Gasteiger partial charge >= 0.3 is 5.97 Å². The number of phenols is 1. The van der Waals surface area contributed by atoms with Gasteiger partial charge < -0.3 is 20.1 Å². The summed E-state index contributed by atoms with van der Waals surface area (Å²) in [5, 5.41) is 12.6. The molecule has 0 radical (unpaired) electrons. The number of nitrogens with zero attached hydrogens (tertiary/aromatic N) is 1. The molecule has 0 aromatic heterocycles. The van der Waals surface area contributed by atoms with Crippen molar-refractivity contribution in [3.8, 4) is 5.75 Å². The second kappa shape index (κ2) is 8.09. The van der Waals surface area contributed by atoms with E-state index < -0.39 is 18.5 Å². The maximum atomic E-state index is 12.2. The van der Waals surface area contributed by atoms with Crippen molar-refractivity contribution in [1.82, 2.24) is 0 Å². The van der Waals surface area contributed by atoms with E-state index >= 15 is 0 Å². The second-order valence-electron chi connectivity index (χ2n) is 5.95. The number of hydrogen-bond donors (Lipinski definition) is 2. The maximum absolute atomic E-state index is 12.2. The number of phenolic OH excluding ortho intramolecular Hbond substituents is 1. The van der Waals surface area contributed by atoms with Crippen molar-refractivity contribution in [3.63, 3.8) is 0 Å². The fourth-order valence-electron chi connectivity index (χ4n) is 2.78. The second-order valence-corrected chi connectivity index (χ2v) is 6.39. The molecule has 1 aliphatic rings. The van der Waals surface area contributed by atoms with Crippen LogP contribution in [0.15, 0.2) is 42.5 Å². The summed E-state index contributed by atoms with van der Waals surface area (Å²) < 4.78 is 4.93. The number of aromatic hydroxyl groups is 1. The minimum Gasteiger partial charge on any atom is -0.507 e. The zero-order valence-corrected chi connectivity index (χ0v) is 15.0. The Hall–Kier alpha value is -3.06. The van der Waals surface area contributed by atoms with Crippen LogP contribution in [0.4, 0.5) is 11.4 Å². The predicted octanol–water partition coefficient (Wildman–Crippen LogP) is 2.97. The summed E-state index contributed by atoms with van der Waals surface area (Å²) >= 11 is 5.79. The van der Waals surface area contributed by atoms with E-state index in [1.807, 2.05) is 0 Å². The van der Waals surface area contributed by atoms with Gasteiger partial charge in [-0.1, -0.05) is 23.7 Å². The molecule has 2 aromatic rings. The van der Waals surface area contributed by atoms with Gasteiger partial charge in [0.25, 0.3) is 5.91 Å². The molecule has 1 fully saturated rings. The standard InChI is InChI=1S/C19H17ClN2O5/c20-12-7-8-16(23)13(10-12)19(26)27-11-17(24)21-14-4-1-2-5-15(14)22-9-3-6-18(22)25/h1-2,4-5,7-8,10,23H,3,6,9,11H2,(H,21,24). The third kappa shape index (κ3) is 4.38. The molecule has 2 N–H and O–H groups in total. The molecule has 8 heteroatoms. The molecule has 7 nitrogen and oxygen atoms in total. The summed E-state index contributed by atoms with van der Waals surface area (Å²) in [6.45, 7) is 0.0435. The number of para-hydroxylation sites is 2. The number of nitrogens with one attached hydrogen (secondary N) is 1. The van der Waals surface area contributed by atoms with Crippen LogP contribution >= 0.6 is 11.6 Å². The van der Waals surface area contributed by atoms with Gasteiger partial charge in [-0.25, -0.2) is 4.79 Å². The van der Waals surface area contributed by atoms with Crippen molar-refractivity contribution in [2.45, 2.75) is 12.8 Å². The molecule has 1 heterocycles. The Labute approximate surface area is 160 Å². The van der Waals surface area contributed by atoms with E-state index in [1.165, 1.54) is 18.2 Å². The Balaban J connectivity index is 1.64. The van der Waals surface area contributed by atoms with E-state index in [-0.39, 0.29) is 22.2 Å². The lowest BCUT2D eigenvalue weighted by Crippen LogP contribution is -2.27. The van der Waals surface area contributed by atoms with Gasteiger partial charge in [-0.2, -0.15) is 0 Å². The lowest BCUT2D eigenvalue weighted by Gasteiger charge is -2.19. The first-order valence-corrected chi connectivity index (χ1v) is 8.68. The highest BCUT2D eigenvalue weighted by atomic mass is 35.5. The van der Waals surface area contributed by atoms with E-state index in [9.17, 15) is 19.5 Å². The van der Waals surface area contributed by atoms with E-state index in [1.54, 1.807) is 29.2 Å². The van der Waals surface area contributed by atoms with E-state index in [4.69, 9.17) is 16.3 Å². The highest BCUT2D eigenvalue weighted by Crippen LogP contribution is 2.29. The number of rotatable bonds is 5. The van der Waals surface area contributed by atoms with Crippen LogP contribution in [0.2, 0.25) is 5.02 Å². The summed E-state index contributed by atoms with van der Waals surface area (Å²) in [7, 11) is 0. The highest BCUT2D eigenvalue weighted by molar-refractivity contribution is 6.31. The Morgan fingerprint density at radius 3 is 2.74 bits per heavy atom. The molecular formula is C19H17ClN2O5. The summed E-state index contributed by atoms with van der Waals surface area (Å²) in [5.74, 6) is -1.72. The SMILES string of the molecule is O=C(COC(=O)c1cc(Cl)ccc1O)Nc1ccccc1N1CCCC1=O. The van der Waals surface area contributed by atoms with Gasteiger partial charge in [0.05, 0.1) is 11.4 Å². The number of carbonyl (C=O) groups is 3. The van der Waals surface area contributed by atoms with Gasteiger partial charge in [0.15, 0.2) is 6.61 Å². The first-order chi connectivity index (χ1) is 13.0. The lowest BCUT2D eigenvalue weighted by molar-refractivity contribution is -0.119. The van der Waals surface area contributed by atoms with Gasteiger partial charge in [0, 0.05) is 18.0 Å². The van der Waals surface area contributed by atoms with Crippen LogP contribution in [0.1, 0.15) is 23.2 Å². The van der Waals surface area contributed by atoms with Crippen LogP contribution in [0.5, 0.6) is 5.75 Å². The molecule has 0 atom stereocenters. The molecule has 0 spiro atoms. The van der Waals surface area contributed by atoms with Crippen molar-refractivity contribution in [2.24, 2.45) is 0 Å². The van der Waals surface area contributed by atoms with Crippen molar-refractivity contribution in [2.75, 3.05) is 23.4 Å². The molecular weight excluding hydrogens is 372 g/mol. The third-order valence-corrected chi connectivity index (χ3v) is 4.29. The number of anilines is 2. The minimum atomic E-state index is -0.867. The number of halogens is 1. The number of carbonyl (C=O) groups excluding carboxylic acids is 3. The number of esters is 1. The fourth-order valence-corrected chi connectivity index (χ4v) is 2.96. The van der Waals surface area contributed by atoms with Crippen molar-refractivity contribution >= 4 is 40.8 Å². The zero-order chi connectivity index (χ0) is 19.4. The molecule has 140 valence electrons. The van der Waals surface area contributed by atoms with Gasteiger partial charge in [-0.15, -0.1) is 0 Å². The Kier molecular flexibility index (Phi) is 5.61. The molecule has 1 aliphatic heterocycles. The normalized spacial score (nSPS) is 13.5. The van der Waals surface area contributed by atoms with Gasteiger partial charge in [-0.05, 0) is 36.8 Å². The average molecular weight is 389 g/mol. The predicted molar refractivity (Wildman–Crippen MR) is 100 cm³/mol. The number of amides is 2. The first-order valence-electron chi connectivity index (χ1n) is 8.30. The average Bonchev–Trinajstić information content (AvgIpc) is 3.08. The smallest absolute Gasteiger partial charge is 0.342 e. The van der Waals surface area contributed by atoms with Crippen LogP contribution < -0.4 is 10.2 Å². The Bertz CT molecular complexity index is 899. The summed E-state index contributed by atoms with van der Waals surface area (Å²) in [6, 6.07) is 10.9. The number of hydrogen-bond acceptors (Lipinski definition) is 5. The highest BCUT2D eigenvalue weighted by Gasteiger charge is 2.24. The van der Waals surface area contributed by atoms with Crippen molar-refractivity contribution in [1.29, 1.82) is 0 Å². The topological polar surface area (TPSA) is 95.9 Å². The van der Waals surface area contributed by atoms with Crippen LogP contribution in [0, 0.1) is 0 Å². The van der Waals surface area contributed by atoms with Gasteiger partial charge in [-0.3, -0.25) is 9.59 Å². The van der Waals surface area contributed by atoms with Crippen molar-refractivity contribution < 1.29 is 24.2 Å². The maximum Gasteiger partial charge on any atom is 0.342 e. The van der Waals surface area contributed by atoms with Crippen molar-refractivity contribution in [3.05, 3.63) is 53.1 Å². The molecule has 0 bridgehead atoms. The molecule has 0 saturated carbocycles. The monoisotopic (exact) mass is 388 g/mol. The Morgan fingerprint density at radius 2 is 2.00 bits per heavy atom. The molecule has 27 heavy (non-hydrogen) atoms. The fraction of sp³-hybridized carbons (Fsp3) is 0.211. The molecule has 1 saturated heterocycles. The minimum absolute atomic E-state index is 0.000409. The quantitative estimate of drug-likeness (QED) is 0.768. The zero-order valence-electron chi connectivity index (χ0n) is 14.3. The van der Waals surface area contributed by atoms with Crippen LogP contribution in [-0.2, 0) is 14.3 Å². The number of ether oxygens (including phenoxy) is 1. The van der Waals surface area contributed by atoms with Crippen LogP contribution in [0.25, 0.3) is 0 Å². The number of benzene rings is 2. The van der Waals surface area contributed by atoms with Crippen LogP contribution in [0.3, 0.4) is 0 Å². The van der Waals surface area contributed by atoms with Gasteiger partial charge in [0.2, 0.25) is 5.91 Å². The van der Waals surface area contributed by atoms with E-state index in [0.29, 0.717) is 24.3 Å². The first kappa shape index (κ1) is 18.7. The lowest BCUT2D eigenvalue weighted by atomic mass is 10.2. The summed E-state index contributed by atoms with van der Waals surface area (Å²) in [4.78, 5) is 37.8. The summed E-state index contributed by atoms with van der Waals surface area (Å²) in [6.07, 6.45) is 1.24. The largest absolute Gasteiger partial charge is 0.507 e. The Morgan fingerprint density at radius 1 is 1.22 bits per heavy atom. The van der Waals surface area contributed by atoms with E-state index in [2.05, 4.69) is 5.32 Å². The molecule has 2 aromatic carbocycles. The molecule has 2 amide bonds.